The van der Waals surface area contributed by atoms with Crippen LogP contribution < -0.4 is 10.1 Å². The first kappa shape index (κ1) is 24.6. The molecule has 3 rings (SSSR count). The number of nitriles is 1. The highest BCUT2D eigenvalue weighted by molar-refractivity contribution is 14.1. The quantitative estimate of drug-likeness (QED) is 0.238. The lowest BCUT2D eigenvalue weighted by molar-refractivity contribution is -0.138. The summed E-state index contributed by atoms with van der Waals surface area (Å²) >= 11 is 2.19. The van der Waals surface area contributed by atoms with Gasteiger partial charge in [0.15, 0.2) is 6.04 Å². The van der Waals surface area contributed by atoms with Crippen molar-refractivity contribution in [2.45, 2.75) is 26.0 Å². The first-order valence-corrected chi connectivity index (χ1v) is 11.7. The fraction of sp³-hybridized carbons (Fsp3) is 0.231. The number of nitrogens with zero attached hydrogens (tertiary/aromatic N) is 1. The van der Waals surface area contributed by atoms with Gasteiger partial charge in [-0.15, -0.1) is 0 Å². The highest BCUT2D eigenvalue weighted by Gasteiger charge is 2.26. The monoisotopic (exact) mass is 556 g/mol. The fourth-order valence-corrected chi connectivity index (χ4v) is 4.08. The Bertz CT molecular complexity index is 1110. The zero-order valence-corrected chi connectivity index (χ0v) is 20.4. The number of carboxylic acids is 1. The van der Waals surface area contributed by atoms with E-state index in [-0.39, 0.29) is 0 Å². The number of aryl methyl sites for hydroxylation is 1. The van der Waals surface area contributed by atoms with Crippen molar-refractivity contribution in [3.63, 3.8) is 0 Å². The van der Waals surface area contributed by atoms with Gasteiger partial charge in [0.25, 0.3) is 0 Å². The van der Waals surface area contributed by atoms with Gasteiger partial charge in [-0.05, 0) is 76.5 Å². The Hall–Kier alpha value is -3.09. The number of ether oxygens (including phenoxy) is 2. The number of aliphatic carboxylic acids is 1. The van der Waals surface area contributed by atoms with Gasteiger partial charge in [0.1, 0.15) is 12.4 Å². The molecule has 0 amide bonds. The average Bonchev–Trinajstić information content (AvgIpc) is 2.83. The van der Waals surface area contributed by atoms with E-state index in [0.29, 0.717) is 48.8 Å². The van der Waals surface area contributed by atoms with E-state index in [4.69, 9.17) is 14.7 Å². The third-order valence-electron chi connectivity index (χ3n) is 5.01. The number of anilines is 1. The highest BCUT2D eigenvalue weighted by atomic mass is 127. The number of hydrogen-bond donors (Lipinski definition) is 2. The summed E-state index contributed by atoms with van der Waals surface area (Å²) in [6.07, 6.45) is 0.702. The summed E-state index contributed by atoms with van der Waals surface area (Å²) in [5.41, 5.74) is 3.69. The van der Waals surface area contributed by atoms with Crippen LogP contribution in [0.2, 0.25) is 0 Å². The summed E-state index contributed by atoms with van der Waals surface area (Å²) < 4.78 is 12.7. The maximum atomic E-state index is 12.2. The van der Waals surface area contributed by atoms with Crippen LogP contribution in [-0.4, -0.2) is 24.3 Å². The van der Waals surface area contributed by atoms with Gasteiger partial charge < -0.3 is 19.9 Å². The minimum Gasteiger partial charge on any atom is -0.491 e. The molecular formula is C26H25IN2O4. The van der Waals surface area contributed by atoms with Crippen molar-refractivity contribution in [3.05, 3.63) is 92.6 Å². The molecule has 0 aliphatic rings. The molecule has 7 heteroatoms. The molecule has 0 spiro atoms. The molecular weight excluding hydrogens is 531 g/mol. The van der Waals surface area contributed by atoms with Crippen LogP contribution in [0.4, 0.5) is 5.69 Å². The number of hydrogen-bond acceptors (Lipinski definition) is 5. The summed E-state index contributed by atoms with van der Waals surface area (Å²) in [5, 5.41) is 22.1. The molecule has 3 aromatic rings. The predicted octanol–water partition coefficient (Wildman–Crippen LogP) is 5.56. The minimum absolute atomic E-state index is 0.302. The predicted molar refractivity (Wildman–Crippen MR) is 135 cm³/mol. The number of halogens is 1. The zero-order chi connectivity index (χ0) is 23.6. The summed E-state index contributed by atoms with van der Waals surface area (Å²) in [7, 11) is 0. The van der Waals surface area contributed by atoms with E-state index in [9.17, 15) is 9.90 Å². The third kappa shape index (κ3) is 6.94. The second kappa shape index (κ2) is 12.2. The van der Waals surface area contributed by atoms with Gasteiger partial charge >= 0.3 is 5.97 Å². The van der Waals surface area contributed by atoms with E-state index in [2.05, 4.69) is 34.0 Å². The maximum absolute atomic E-state index is 12.2. The minimum atomic E-state index is -1.02. The second-order valence-electron chi connectivity index (χ2n) is 7.33. The van der Waals surface area contributed by atoms with Crippen LogP contribution in [0.15, 0.2) is 66.7 Å². The molecule has 1 atom stereocenters. The van der Waals surface area contributed by atoms with Gasteiger partial charge in [0, 0.05) is 14.8 Å². The van der Waals surface area contributed by atoms with E-state index < -0.39 is 12.0 Å². The molecule has 170 valence electrons. The van der Waals surface area contributed by atoms with Gasteiger partial charge in [0.2, 0.25) is 0 Å². The lowest BCUT2D eigenvalue weighted by Gasteiger charge is -2.22. The van der Waals surface area contributed by atoms with Crippen molar-refractivity contribution >= 4 is 34.2 Å². The van der Waals surface area contributed by atoms with Crippen LogP contribution in [0.5, 0.6) is 5.75 Å². The van der Waals surface area contributed by atoms with Gasteiger partial charge in [0.05, 0.1) is 24.8 Å². The Morgan fingerprint density at radius 2 is 1.85 bits per heavy atom. The largest absolute Gasteiger partial charge is 0.491 e. The van der Waals surface area contributed by atoms with Crippen molar-refractivity contribution < 1.29 is 19.4 Å². The Morgan fingerprint density at radius 1 is 1.12 bits per heavy atom. The second-order valence-corrected chi connectivity index (χ2v) is 8.57. The molecule has 33 heavy (non-hydrogen) atoms. The Balaban J connectivity index is 1.77. The fourth-order valence-electron chi connectivity index (χ4n) is 3.37. The first-order chi connectivity index (χ1) is 16.0. The molecule has 0 saturated carbocycles. The number of rotatable bonds is 11. The lowest BCUT2D eigenvalue weighted by atomic mass is 10.00. The normalized spacial score (nSPS) is 11.4. The molecule has 0 saturated heterocycles. The van der Waals surface area contributed by atoms with Crippen LogP contribution in [-0.2, 0) is 22.6 Å². The first-order valence-electron chi connectivity index (χ1n) is 10.6. The molecule has 0 bridgehead atoms. The molecule has 2 N–H and O–H groups in total. The van der Waals surface area contributed by atoms with Crippen LogP contribution in [0.25, 0.3) is 0 Å². The van der Waals surface area contributed by atoms with Crippen molar-refractivity contribution in [2.24, 2.45) is 0 Å². The SMILES string of the molecule is CCc1cc(I)cc(C(Nc2ccc(C#N)cc2)C(=O)O)c1OCCOCc1ccccc1. The summed E-state index contributed by atoms with van der Waals surface area (Å²) in [4.78, 5) is 12.2. The smallest absolute Gasteiger partial charge is 0.330 e. The Morgan fingerprint density at radius 3 is 2.48 bits per heavy atom. The Labute approximate surface area is 207 Å². The highest BCUT2D eigenvalue weighted by Crippen LogP contribution is 2.34. The van der Waals surface area contributed by atoms with E-state index in [1.807, 2.05) is 49.4 Å². The van der Waals surface area contributed by atoms with Gasteiger partial charge in [-0.1, -0.05) is 37.3 Å². The molecule has 0 fully saturated rings. The molecule has 0 aromatic heterocycles. The number of nitrogens with one attached hydrogen (secondary N) is 1. The van der Waals surface area contributed by atoms with Crippen molar-refractivity contribution in [3.8, 4) is 11.8 Å². The average molecular weight is 556 g/mol. The molecule has 1 unspecified atom stereocenters. The summed E-state index contributed by atoms with van der Waals surface area (Å²) in [6.45, 7) is 3.18. The molecule has 6 nitrogen and oxygen atoms in total. The molecule has 0 aliphatic carbocycles. The van der Waals surface area contributed by atoms with Crippen LogP contribution in [0.3, 0.4) is 0 Å². The van der Waals surface area contributed by atoms with Gasteiger partial charge in [-0.25, -0.2) is 4.79 Å². The van der Waals surface area contributed by atoms with Crippen LogP contribution in [0.1, 0.15) is 35.2 Å². The zero-order valence-electron chi connectivity index (χ0n) is 18.3. The number of carboxylic acid groups (broad SMARTS) is 1. The molecule has 3 aromatic carbocycles. The lowest BCUT2D eigenvalue weighted by Crippen LogP contribution is -2.22. The topological polar surface area (TPSA) is 91.6 Å². The van der Waals surface area contributed by atoms with Crippen LogP contribution in [0, 0.1) is 14.9 Å². The van der Waals surface area contributed by atoms with Crippen molar-refractivity contribution in [1.29, 1.82) is 5.26 Å². The molecule has 0 heterocycles. The standard InChI is InChI=1S/C26H25IN2O4/c1-2-20-14-21(27)15-23(24(26(30)31)29-22-10-8-18(16-28)9-11-22)25(20)33-13-12-32-17-19-6-4-3-5-7-19/h3-11,14-15,24,29H,2,12-13,17H2,1H3,(H,30,31). The number of carbonyl (C=O) groups is 1. The number of benzene rings is 3. The molecule has 0 radical (unpaired) electrons. The van der Waals surface area contributed by atoms with Gasteiger partial charge in [-0.2, -0.15) is 5.26 Å². The van der Waals surface area contributed by atoms with E-state index in [1.165, 1.54) is 0 Å². The van der Waals surface area contributed by atoms with Gasteiger partial charge in [-0.3, -0.25) is 0 Å². The van der Waals surface area contributed by atoms with E-state index >= 15 is 0 Å². The Kier molecular flexibility index (Phi) is 9.10. The summed E-state index contributed by atoms with van der Waals surface area (Å²) in [5.74, 6) is -0.455. The van der Waals surface area contributed by atoms with E-state index in [0.717, 1.165) is 14.7 Å². The maximum Gasteiger partial charge on any atom is 0.330 e. The summed E-state index contributed by atoms with van der Waals surface area (Å²) in [6, 6.07) is 21.5. The van der Waals surface area contributed by atoms with E-state index in [1.54, 1.807) is 24.3 Å². The van der Waals surface area contributed by atoms with Crippen molar-refractivity contribution in [1.82, 2.24) is 0 Å². The van der Waals surface area contributed by atoms with Crippen LogP contribution >= 0.6 is 22.6 Å². The van der Waals surface area contributed by atoms with Crippen molar-refractivity contribution in [2.75, 3.05) is 18.5 Å². The third-order valence-corrected chi connectivity index (χ3v) is 5.63. The molecule has 0 aliphatic heterocycles.